The van der Waals surface area contributed by atoms with Crippen LogP contribution < -0.4 is 0 Å². The van der Waals surface area contributed by atoms with Crippen LogP contribution in [0.5, 0.6) is 0 Å². The van der Waals surface area contributed by atoms with Crippen molar-refractivity contribution in [3.63, 3.8) is 0 Å². The molecule has 0 radical (unpaired) electrons. The van der Waals surface area contributed by atoms with E-state index >= 15 is 0 Å². The first kappa shape index (κ1) is 25.7. The zero-order chi connectivity index (χ0) is 31.1. The minimum atomic E-state index is 0.625. The number of para-hydroxylation sites is 4. The number of aromatic nitrogens is 2. The number of nitrogens with zero attached hydrogens (tertiary/aromatic N) is 3. The van der Waals surface area contributed by atoms with Crippen LogP contribution in [-0.2, 0) is 0 Å². The molecule has 4 nitrogen and oxygen atoms in total. The highest BCUT2D eigenvalue weighted by molar-refractivity contribution is 6.24. The molecule has 7 aromatic carbocycles. The highest BCUT2D eigenvalue weighted by Gasteiger charge is 2.19. The summed E-state index contributed by atoms with van der Waals surface area (Å²) in [7, 11) is 0. The molecule has 0 spiro atoms. The first-order valence-electron chi connectivity index (χ1n) is 15.7. The Morgan fingerprint density at radius 1 is 0.447 bits per heavy atom. The van der Waals surface area contributed by atoms with E-state index in [9.17, 15) is 5.26 Å². The van der Waals surface area contributed by atoms with Crippen LogP contribution in [-0.4, -0.2) is 9.13 Å². The van der Waals surface area contributed by atoms with Crippen molar-refractivity contribution in [3.8, 4) is 28.6 Å². The van der Waals surface area contributed by atoms with E-state index in [1.807, 2.05) is 24.3 Å². The lowest BCUT2D eigenvalue weighted by molar-refractivity contribution is 0.669. The van der Waals surface area contributed by atoms with E-state index in [1.165, 1.54) is 21.5 Å². The molecule has 3 aromatic heterocycles. The van der Waals surface area contributed by atoms with Gasteiger partial charge < -0.3 is 13.6 Å². The Labute approximate surface area is 269 Å². The molecule has 3 heterocycles. The van der Waals surface area contributed by atoms with E-state index < -0.39 is 0 Å². The lowest BCUT2D eigenvalue weighted by Gasteiger charge is -2.13. The van der Waals surface area contributed by atoms with Crippen molar-refractivity contribution in [2.75, 3.05) is 0 Å². The Balaban J connectivity index is 1.17. The van der Waals surface area contributed by atoms with Gasteiger partial charge >= 0.3 is 0 Å². The van der Waals surface area contributed by atoms with Crippen molar-refractivity contribution in [2.45, 2.75) is 0 Å². The molecule has 0 fully saturated rings. The van der Waals surface area contributed by atoms with Crippen LogP contribution >= 0.6 is 0 Å². The van der Waals surface area contributed by atoms with Crippen LogP contribution in [0.15, 0.2) is 156 Å². The van der Waals surface area contributed by atoms with Crippen molar-refractivity contribution < 1.29 is 4.42 Å². The largest absolute Gasteiger partial charge is 0.456 e. The average Bonchev–Trinajstić information content (AvgIpc) is 3.79. The Bertz CT molecular complexity index is 2860. The molecule has 10 aromatic rings. The summed E-state index contributed by atoms with van der Waals surface area (Å²) in [6.07, 6.45) is 0. The van der Waals surface area contributed by atoms with Crippen molar-refractivity contribution in [1.82, 2.24) is 9.13 Å². The number of hydrogen-bond acceptors (Lipinski definition) is 2. The van der Waals surface area contributed by atoms with E-state index in [4.69, 9.17) is 4.42 Å². The van der Waals surface area contributed by atoms with E-state index in [-0.39, 0.29) is 0 Å². The maximum Gasteiger partial charge on any atom is 0.137 e. The maximum absolute atomic E-state index is 10.1. The number of hydrogen-bond donors (Lipinski definition) is 0. The topological polar surface area (TPSA) is 46.8 Å². The van der Waals surface area contributed by atoms with Crippen LogP contribution in [0.1, 0.15) is 5.56 Å². The molecule has 0 saturated heterocycles. The van der Waals surface area contributed by atoms with Crippen LogP contribution in [0, 0.1) is 11.3 Å². The zero-order valence-electron chi connectivity index (χ0n) is 25.2. The minimum absolute atomic E-state index is 0.625. The van der Waals surface area contributed by atoms with Gasteiger partial charge in [0.2, 0.25) is 0 Å². The highest BCUT2D eigenvalue weighted by Crippen LogP contribution is 2.41. The van der Waals surface area contributed by atoms with E-state index in [1.54, 1.807) is 0 Å². The van der Waals surface area contributed by atoms with Gasteiger partial charge in [0, 0.05) is 38.3 Å². The predicted molar refractivity (Wildman–Crippen MR) is 193 cm³/mol. The molecule has 10 rings (SSSR count). The predicted octanol–water partition coefficient (Wildman–Crippen LogP) is 11.3. The van der Waals surface area contributed by atoms with E-state index in [0.717, 1.165) is 66.5 Å². The van der Waals surface area contributed by atoms with Gasteiger partial charge in [-0.05, 0) is 77.9 Å². The first-order valence-corrected chi connectivity index (χ1v) is 15.7. The van der Waals surface area contributed by atoms with Crippen LogP contribution in [0.2, 0.25) is 0 Å². The molecule has 0 N–H and O–H groups in total. The summed E-state index contributed by atoms with van der Waals surface area (Å²) < 4.78 is 10.9. The third kappa shape index (κ3) is 3.69. The molecule has 0 saturated carbocycles. The van der Waals surface area contributed by atoms with Crippen LogP contribution in [0.25, 0.3) is 88.1 Å². The molecule has 0 aliphatic rings. The monoisotopic (exact) mass is 599 g/mol. The molecular formula is C43H25N3O. The number of nitriles is 1. The molecule has 0 aliphatic heterocycles. The Hall–Kier alpha value is -6.57. The lowest BCUT2D eigenvalue weighted by atomic mass is 10.0. The zero-order valence-corrected chi connectivity index (χ0v) is 25.2. The van der Waals surface area contributed by atoms with Crippen molar-refractivity contribution >= 4 is 65.6 Å². The fourth-order valence-corrected chi connectivity index (χ4v) is 7.51. The average molecular weight is 600 g/mol. The van der Waals surface area contributed by atoms with E-state index in [2.05, 4.69) is 143 Å². The molecule has 4 heteroatoms. The highest BCUT2D eigenvalue weighted by atomic mass is 16.3. The normalized spacial score (nSPS) is 11.8. The number of rotatable bonds is 3. The number of fused-ring (bicyclic) bond motifs is 10. The molecule has 0 atom stereocenters. The summed E-state index contributed by atoms with van der Waals surface area (Å²) in [4.78, 5) is 0. The fourth-order valence-electron chi connectivity index (χ4n) is 7.51. The lowest BCUT2D eigenvalue weighted by Crippen LogP contribution is -1.96. The van der Waals surface area contributed by atoms with Gasteiger partial charge in [0.05, 0.1) is 39.1 Å². The number of benzene rings is 7. The van der Waals surface area contributed by atoms with Gasteiger partial charge in [-0.15, -0.1) is 0 Å². The quantitative estimate of drug-likeness (QED) is 0.203. The summed E-state index contributed by atoms with van der Waals surface area (Å²) in [5, 5.41) is 17.1. The van der Waals surface area contributed by atoms with Gasteiger partial charge in [-0.2, -0.15) is 5.26 Å². The Kier molecular flexibility index (Phi) is 5.32. The van der Waals surface area contributed by atoms with Gasteiger partial charge in [0.1, 0.15) is 11.2 Å². The van der Waals surface area contributed by atoms with Gasteiger partial charge in [0.25, 0.3) is 0 Å². The summed E-state index contributed by atoms with van der Waals surface area (Å²) >= 11 is 0. The van der Waals surface area contributed by atoms with E-state index in [0.29, 0.717) is 5.56 Å². The van der Waals surface area contributed by atoms with Gasteiger partial charge in [0.15, 0.2) is 0 Å². The second-order valence-electron chi connectivity index (χ2n) is 12.1. The molecule has 218 valence electrons. The fraction of sp³-hybridized carbons (Fsp3) is 0. The molecule has 0 aliphatic carbocycles. The standard InChI is InChI=1S/C43H25N3O/c44-26-27-23-29(25-31(24-27)45-37-13-5-1-9-32(37)33-10-2-6-14-38(33)45)28-17-19-30(20-18-28)46-39-15-7-3-11-34(39)35-21-22-41-42(43(35)46)36-12-4-8-16-40(36)47-41/h1-25H. The van der Waals surface area contributed by atoms with Crippen molar-refractivity contribution in [1.29, 1.82) is 5.26 Å². The SMILES string of the molecule is N#Cc1cc(-c2ccc(-n3c4ccccc4c4ccc5oc6ccccc6c5c43)cc2)cc(-n2c3ccccc3c3ccccc32)c1. The molecular weight excluding hydrogens is 574 g/mol. The van der Waals surface area contributed by atoms with Gasteiger partial charge in [-0.1, -0.05) is 84.9 Å². The van der Waals surface area contributed by atoms with Crippen molar-refractivity contribution in [2.24, 2.45) is 0 Å². The molecule has 0 unspecified atom stereocenters. The smallest absolute Gasteiger partial charge is 0.137 e. The summed E-state index contributed by atoms with van der Waals surface area (Å²) in [6.45, 7) is 0. The first-order chi connectivity index (χ1) is 23.3. The maximum atomic E-state index is 10.1. The minimum Gasteiger partial charge on any atom is -0.456 e. The van der Waals surface area contributed by atoms with Crippen LogP contribution in [0.4, 0.5) is 0 Å². The van der Waals surface area contributed by atoms with Crippen LogP contribution in [0.3, 0.4) is 0 Å². The second kappa shape index (κ2) is 9.71. The molecule has 0 amide bonds. The number of furan rings is 1. The van der Waals surface area contributed by atoms with Crippen molar-refractivity contribution in [3.05, 3.63) is 157 Å². The Morgan fingerprint density at radius 2 is 1.04 bits per heavy atom. The Morgan fingerprint density at radius 3 is 1.72 bits per heavy atom. The molecule has 47 heavy (non-hydrogen) atoms. The molecule has 0 bridgehead atoms. The third-order valence-corrected chi connectivity index (χ3v) is 9.52. The second-order valence-corrected chi connectivity index (χ2v) is 12.1. The van der Waals surface area contributed by atoms with Gasteiger partial charge in [-0.3, -0.25) is 0 Å². The third-order valence-electron chi connectivity index (χ3n) is 9.52. The summed E-state index contributed by atoms with van der Waals surface area (Å²) in [5.74, 6) is 0. The van der Waals surface area contributed by atoms with Gasteiger partial charge in [-0.25, -0.2) is 0 Å². The summed E-state index contributed by atoms with van der Waals surface area (Å²) in [6, 6.07) is 55.3. The summed E-state index contributed by atoms with van der Waals surface area (Å²) in [5.41, 5.74) is 11.0.